The standard InChI is InChI=1S/C20H29NO9/c1-2-3-4-5-6-16(11-12-19(24)28-18(13-22)14-23)29-20(25)30-17-9-7-15(8-10-17)21(26)27/h7-10,16,18,22-23H,2-6,11-14H2,1H3. The van der Waals surface area contributed by atoms with Crippen LogP contribution in [0.3, 0.4) is 0 Å². The van der Waals surface area contributed by atoms with E-state index in [-0.39, 0.29) is 24.3 Å². The maximum absolute atomic E-state index is 12.1. The number of aliphatic hydroxyl groups is 2. The average Bonchev–Trinajstić information content (AvgIpc) is 2.73. The van der Waals surface area contributed by atoms with Gasteiger partial charge in [-0.3, -0.25) is 14.9 Å². The van der Waals surface area contributed by atoms with Gasteiger partial charge in [-0.1, -0.05) is 26.2 Å². The molecule has 0 saturated carbocycles. The van der Waals surface area contributed by atoms with E-state index in [1.165, 1.54) is 24.3 Å². The third kappa shape index (κ3) is 10.2. The molecule has 10 heteroatoms. The quantitative estimate of drug-likeness (QED) is 0.150. The number of esters is 1. The van der Waals surface area contributed by atoms with Crippen LogP contribution < -0.4 is 4.74 Å². The minimum atomic E-state index is -0.978. The Morgan fingerprint density at radius 1 is 1.00 bits per heavy atom. The van der Waals surface area contributed by atoms with Crippen LogP contribution in [-0.2, 0) is 14.3 Å². The minimum absolute atomic E-state index is 0.0558. The van der Waals surface area contributed by atoms with Crippen molar-refractivity contribution in [2.75, 3.05) is 13.2 Å². The smallest absolute Gasteiger partial charge is 0.457 e. The number of rotatable bonds is 14. The van der Waals surface area contributed by atoms with E-state index in [1.54, 1.807) is 0 Å². The number of unbranched alkanes of at least 4 members (excludes halogenated alkanes) is 3. The molecule has 0 amide bonds. The lowest BCUT2D eigenvalue weighted by atomic mass is 10.1. The molecule has 0 spiro atoms. The van der Waals surface area contributed by atoms with Gasteiger partial charge in [0.2, 0.25) is 0 Å². The van der Waals surface area contributed by atoms with Crippen molar-refractivity contribution in [3.8, 4) is 5.75 Å². The molecule has 0 fully saturated rings. The number of benzene rings is 1. The largest absolute Gasteiger partial charge is 0.514 e. The van der Waals surface area contributed by atoms with Crippen molar-refractivity contribution in [1.82, 2.24) is 0 Å². The van der Waals surface area contributed by atoms with E-state index in [2.05, 4.69) is 6.92 Å². The van der Waals surface area contributed by atoms with E-state index in [0.29, 0.717) is 6.42 Å². The maximum Gasteiger partial charge on any atom is 0.514 e. The van der Waals surface area contributed by atoms with Crippen LogP contribution in [0.25, 0.3) is 0 Å². The number of carbonyl (C=O) groups is 2. The van der Waals surface area contributed by atoms with Crippen LogP contribution in [0.15, 0.2) is 24.3 Å². The molecule has 1 rings (SSSR count). The van der Waals surface area contributed by atoms with Crippen molar-refractivity contribution in [3.63, 3.8) is 0 Å². The van der Waals surface area contributed by atoms with Crippen LogP contribution in [0, 0.1) is 10.1 Å². The summed E-state index contributed by atoms with van der Waals surface area (Å²) in [7, 11) is 0. The summed E-state index contributed by atoms with van der Waals surface area (Å²) >= 11 is 0. The molecule has 1 atom stereocenters. The number of hydrogen-bond acceptors (Lipinski definition) is 9. The highest BCUT2D eigenvalue weighted by Gasteiger charge is 2.20. The zero-order valence-corrected chi connectivity index (χ0v) is 17.0. The third-order valence-corrected chi connectivity index (χ3v) is 4.27. The lowest BCUT2D eigenvalue weighted by Gasteiger charge is -2.18. The van der Waals surface area contributed by atoms with Gasteiger partial charge in [-0.2, -0.15) is 0 Å². The molecule has 0 aliphatic heterocycles. The van der Waals surface area contributed by atoms with E-state index >= 15 is 0 Å². The summed E-state index contributed by atoms with van der Waals surface area (Å²) in [4.78, 5) is 34.0. The molecule has 0 radical (unpaired) electrons. The lowest BCUT2D eigenvalue weighted by molar-refractivity contribution is -0.384. The SMILES string of the molecule is CCCCCCC(CCC(=O)OC(CO)CO)OC(=O)Oc1ccc([N+](=O)[O-])cc1. The summed E-state index contributed by atoms with van der Waals surface area (Å²) < 4.78 is 15.3. The molecular formula is C20H29NO9. The molecular weight excluding hydrogens is 398 g/mol. The Balaban J connectivity index is 2.59. The van der Waals surface area contributed by atoms with Gasteiger partial charge in [-0.05, 0) is 31.4 Å². The van der Waals surface area contributed by atoms with Crippen LogP contribution in [0.2, 0.25) is 0 Å². The van der Waals surface area contributed by atoms with Gasteiger partial charge >= 0.3 is 12.1 Å². The van der Waals surface area contributed by atoms with E-state index in [4.69, 9.17) is 24.4 Å². The monoisotopic (exact) mass is 427 g/mol. The van der Waals surface area contributed by atoms with Gasteiger partial charge in [0.15, 0.2) is 0 Å². The van der Waals surface area contributed by atoms with Gasteiger partial charge in [0.05, 0.1) is 18.1 Å². The molecule has 2 N–H and O–H groups in total. The Morgan fingerprint density at radius 3 is 2.23 bits per heavy atom. The summed E-state index contributed by atoms with van der Waals surface area (Å²) in [5.41, 5.74) is -0.132. The van der Waals surface area contributed by atoms with Gasteiger partial charge < -0.3 is 24.4 Å². The molecule has 1 unspecified atom stereocenters. The van der Waals surface area contributed by atoms with Gasteiger partial charge in [0.25, 0.3) is 5.69 Å². The third-order valence-electron chi connectivity index (χ3n) is 4.27. The lowest BCUT2D eigenvalue weighted by Crippen LogP contribution is -2.27. The maximum atomic E-state index is 12.1. The second-order valence-corrected chi connectivity index (χ2v) is 6.71. The van der Waals surface area contributed by atoms with Crippen LogP contribution in [0.1, 0.15) is 51.9 Å². The van der Waals surface area contributed by atoms with Crippen LogP contribution in [0.5, 0.6) is 5.75 Å². The number of ether oxygens (including phenoxy) is 3. The summed E-state index contributed by atoms with van der Waals surface area (Å²) in [5.74, 6) is -0.516. The molecule has 0 saturated heterocycles. The topological polar surface area (TPSA) is 145 Å². The highest BCUT2D eigenvalue weighted by Crippen LogP contribution is 2.19. The molecule has 1 aromatic carbocycles. The fraction of sp³-hybridized carbons (Fsp3) is 0.600. The van der Waals surface area contributed by atoms with Crippen molar-refractivity contribution < 1.29 is 38.9 Å². The predicted octanol–water partition coefficient (Wildman–Crippen LogP) is 3.13. The zero-order valence-electron chi connectivity index (χ0n) is 17.0. The predicted molar refractivity (Wildman–Crippen MR) is 106 cm³/mol. The first-order valence-corrected chi connectivity index (χ1v) is 9.93. The first kappa shape index (κ1) is 25.3. The van der Waals surface area contributed by atoms with E-state index < -0.39 is 42.5 Å². The number of nitrogens with zero attached hydrogens (tertiary/aromatic N) is 1. The molecule has 0 aromatic heterocycles. The second kappa shape index (κ2) is 14.3. The molecule has 1 aromatic rings. The zero-order chi connectivity index (χ0) is 22.4. The number of carbonyl (C=O) groups excluding carboxylic acids is 2. The fourth-order valence-corrected chi connectivity index (χ4v) is 2.61. The van der Waals surface area contributed by atoms with Gasteiger partial charge in [0.1, 0.15) is 18.0 Å². The van der Waals surface area contributed by atoms with Crippen molar-refractivity contribution in [1.29, 1.82) is 0 Å². The van der Waals surface area contributed by atoms with Crippen molar-refractivity contribution in [2.24, 2.45) is 0 Å². The number of nitro benzene ring substituents is 1. The first-order valence-electron chi connectivity index (χ1n) is 9.93. The van der Waals surface area contributed by atoms with Crippen LogP contribution >= 0.6 is 0 Å². The summed E-state index contributed by atoms with van der Waals surface area (Å²) in [5, 5.41) is 28.6. The molecule has 30 heavy (non-hydrogen) atoms. The number of nitro groups is 1. The van der Waals surface area contributed by atoms with Gasteiger partial charge in [0, 0.05) is 18.6 Å². The molecule has 0 aliphatic rings. The number of non-ortho nitro benzene ring substituents is 1. The van der Waals surface area contributed by atoms with Crippen molar-refractivity contribution in [2.45, 2.75) is 64.1 Å². The minimum Gasteiger partial charge on any atom is -0.457 e. The second-order valence-electron chi connectivity index (χ2n) is 6.71. The average molecular weight is 427 g/mol. The molecule has 10 nitrogen and oxygen atoms in total. The molecule has 0 bridgehead atoms. The summed E-state index contributed by atoms with van der Waals surface area (Å²) in [6.45, 7) is 1.10. The number of aliphatic hydroxyl groups excluding tert-OH is 2. The van der Waals surface area contributed by atoms with Crippen molar-refractivity contribution in [3.05, 3.63) is 34.4 Å². The van der Waals surface area contributed by atoms with E-state index in [1.807, 2.05) is 0 Å². The van der Waals surface area contributed by atoms with Crippen LogP contribution in [0.4, 0.5) is 10.5 Å². The van der Waals surface area contributed by atoms with Crippen molar-refractivity contribution >= 4 is 17.8 Å². The first-order chi connectivity index (χ1) is 14.4. The number of hydrogen-bond donors (Lipinski definition) is 2. The van der Waals surface area contributed by atoms with Gasteiger partial charge in [-0.15, -0.1) is 0 Å². The summed E-state index contributed by atoms with van der Waals surface area (Å²) in [6, 6.07) is 4.99. The van der Waals surface area contributed by atoms with E-state index in [0.717, 1.165) is 25.7 Å². The van der Waals surface area contributed by atoms with E-state index in [9.17, 15) is 19.7 Å². The Hall–Kier alpha value is -2.72. The van der Waals surface area contributed by atoms with Crippen LogP contribution in [-0.4, -0.2) is 52.7 Å². The molecule has 0 heterocycles. The summed E-state index contributed by atoms with van der Waals surface area (Å²) in [6.07, 6.45) is 1.98. The fourth-order valence-electron chi connectivity index (χ4n) is 2.61. The Bertz CT molecular complexity index is 659. The normalized spacial score (nSPS) is 11.7. The highest BCUT2D eigenvalue weighted by molar-refractivity contribution is 5.69. The highest BCUT2D eigenvalue weighted by atomic mass is 16.7. The Labute approximate surface area is 174 Å². The molecule has 0 aliphatic carbocycles. The Kier molecular flexibility index (Phi) is 12.1. The Morgan fingerprint density at radius 2 is 1.67 bits per heavy atom. The molecule has 168 valence electrons. The van der Waals surface area contributed by atoms with Gasteiger partial charge in [-0.25, -0.2) is 4.79 Å².